The number of unbranched alkanes of at least 4 members (excludes halogenated alkanes) is 1. The van der Waals surface area contributed by atoms with Crippen LogP contribution in [0.2, 0.25) is 0 Å². The van der Waals surface area contributed by atoms with Crippen molar-refractivity contribution in [3.63, 3.8) is 0 Å². The van der Waals surface area contributed by atoms with Gasteiger partial charge in [-0.3, -0.25) is 4.79 Å². The summed E-state index contributed by atoms with van der Waals surface area (Å²) >= 11 is 4.93. The van der Waals surface area contributed by atoms with Crippen LogP contribution in [0.4, 0.5) is 27.9 Å². The summed E-state index contributed by atoms with van der Waals surface area (Å²) in [7, 11) is 0. The second-order valence-corrected chi connectivity index (χ2v) is 9.89. The van der Waals surface area contributed by atoms with E-state index in [0.29, 0.717) is 30.5 Å². The molecule has 1 aromatic carbocycles. The molecule has 0 spiro atoms. The maximum Gasteiger partial charge on any atom is 0.321 e. The number of hydrogen-bond donors (Lipinski definition) is 4. The van der Waals surface area contributed by atoms with E-state index in [4.69, 9.17) is 0 Å². The van der Waals surface area contributed by atoms with Crippen molar-refractivity contribution < 1.29 is 9.59 Å². The lowest BCUT2D eigenvalue weighted by Crippen LogP contribution is -2.32. The van der Waals surface area contributed by atoms with Gasteiger partial charge in [-0.05, 0) is 71.3 Å². The molecule has 1 saturated heterocycles. The summed E-state index contributed by atoms with van der Waals surface area (Å²) in [6.45, 7) is 2.94. The first-order valence-corrected chi connectivity index (χ1v) is 13.3. The number of halogens is 1. The highest BCUT2D eigenvalue weighted by Crippen LogP contribution is 2.23. The summed E-state index contributed by atoms with van der Waals surface area (Å²) < 4.78 is 0.765. The van der Waals surface area contributed by atoms with Gasteiger partial charge in [-0.15, -0.1) is 11.3 Å². The molecule has 3 aromatic rings. The number of amides is 3. The molecular weight excluding hydrogens is 530 g/mol. The van der Waals surface area contributed by atoms with E-state index in [0.717, 1.165) is 53.8 Å². The molecule has 1 fully saturated rings. The minimum absolute atomic E-state index is 0.0260. The summed E-state index contributed by atoms with van der Waals surface area (Å²) in [5.74, 6) is 1.10. The van der Waals surface area contributed by atoms with Gasteiger partial charge in [0, 0.05) is 43.8 Å². The predicted octanol–water partition coefficient (Wildman–Crippen LogP) is 5.29. The number of rotatable bonds is 10. The number of nitrogens with zero attached hydrogens (tertiary/aromatic N) is 3. The third kappa shape index (κ3) is 7.40. The molecule has 1 aliphatic rings. The molecule has 4 N–H and O–H groups in total. The number of anilines is 4. The average molecular weight is 559 g/mol. The Kier molecular flexibility index (Phi) is 8.90. The Morgan fingerprint density at radius 1 is 1.06 bits per heavy atom. The van der Waals surface area contributed by atoms with E-state index in [1.165, 1.54) is 11.3 Å². The second kappa shape index (κ2) is 12.5. The number of nitrogens with one attached hydrogen (secondary N) is 4. The second-order valence-electron chi connectivity index (χ2n) is 8.09. The van der Waals surface area contributed by atoms with Gasteiger partial charge in [0.05, 0.1) is 9.35 Å². The number of likely N-dealkylation sites (tertiary alicyclic amines) is 1. The zero-order valence-corrected chi connectivity index (χ0v) is 21.6. The third-order valence-corrected chi connectivity index (χ3v) is 6.88. The molecule has 3 heterocycles. The van der Waals surface area contributed by atoms with Gasteiger partial charge in [-0.1, -0.05) is 12.1 Å². The summed E-state index contributed by atoms with van der Waals surface area (Å²) in [5, 5.41) is 14.3. The Hall–Kier alpha value is -3.18. The van der Waals surface area contributed by atoms with Crippen molar-refractivity contribution >= 4 is 62.3 Å². The topological polar surface area (TPSA) is 111 Å². The lowest BCUT2D eigenvalue weighted by molar-refractivity contribution is 0.0957. The Morgan fingerprint density at radius 2 is 1.86 bits per heavy atom. The van der Waals surface area contributed by atoms with E-state index in [1.54, 1.807) is 6.20 Å². The lowest BCUT2D eigenvalue weighted by atomic mass is 10.3. The fourth-order valence-corrected chi connectivity index (χ4v) is 4.60. The van der Waals surface area contributed by atoms with Crippen molar-refractivity contribution in [3.05, 3.63) is 57.3 Å². The molecule has 4 rings (SSSR count). The Balaban J connectivity index is 1.24. The molecule has 11 heteroatoms. The molecule has 35 heavy (non-hydrogen) atoms. The van der Waals surface area contributed by atoms with Crippen molar-refractivity contribution in [2.24, 2.45) is 0 Å². The number of benzene rings is 1. The quantitative estimate of drug-likeness (QED) is 0.252. The molecule has 2 aromatic heterocycles. The summed E-state index contributed by atoms with van der Waals surface area (Å²) in [4.78, 5) is 35.8. The van der Waals surface area contributed by atoms with Crippen molar-refractivity contribution in [1.82, 2.24) is 20.2 Å². The van der Waals surface area contributed by atoms with Crippen LogP contribution >= 0.6 is 27.3 Å². The summed E-state index contributed by atoms with van der Waals surface area (Å²) in [6.07, 6.45) is 5.53. The van der Waals surface area contributed by atoms with Crippen molar-refractivity contribution in [2.45, 2.75) is 25.7 Å². The van der Waals surface area contributed by atoms with Gasteiger partial charge in [-0.25, -0.2) is 9.78 Å². The third-order valence-electron chi connectivity index (χ3n) is 5.43. The first-order valence-electron chi connectivity index (χ1n) is 11.6. The number of carbonyl (C=O) groups excluding carboxylic acids is 2. The summed E-state index contributed by atoms with van der Waals surface area (Å²) in [5.41, 5.74) is 1.49. The van der Waals surface area contributed by atoms with Crippen LogP contribution in [-0.2, 0) is 0 Å². The van der Waals surface area contributed by atoms with E-state index in [2.05, 4.69) is 47.2 Å². The van der Waals surface area contributed by atoms with Gasteiger partial charge < -0.3 is 26.2 Å². The Labute approximate surface area is 216 Å². The van der Waals surface area contributed by atoms with Gasteiger partial charge in [0.25, 0.3) is 5.91 Å². The van der Waals surface area contributed by atoms with Crippen molar-refractivity contribution in [1.29, 1.82) is 0 Å². The van der Waals surface area contributed by atoms with Gasteiger partial charge in [0.1, 0.15) is 5.82 Å². The highest BCUT2D eigenvalue weighted by molar-refractivity contribution is 9.10. The molecule has 0 atom stereocenters. The molecule has 0 aliphatic carbocycles. The van der Waals surface area contributed by atoms with E-state index in [-0.39, 0.29) is 11.9 Å². The molecule has 0 unspecified atom stereocenters. The number of aromatic nitrogens is 2. The minimum Gasteiger partial charge on any atom is -0.369 e. The van der Waals surface area contributed by atoms with E-state index < -0.39 is 0 Å². The fourth-order valence-electron chi connectivity index (χ4n) is 3.63. The number of thiophene rings is 1. The number of carbonyl (C=O) groups is 2. The van der Waals surface area contributed by atoms with Crippen LogP contribution in [0.15, 0.2) is 52.4 Å². The molecule has 0 radical (unpaired) electrons. The normalized spacial score (nSPS) is 12.9. The highest BCUT2D eigenvalue weighted by atomic mass is 79.9. The van der Waals surface area contributed by atoms with E-state index in [1.807, 2.05) is 46.7 Å². The van der Waals surface area contributed by atoms with Crippen molar-refractivity contribution in [3.8, 4) is 0 Å². The molecule has 184 valence electrons. The minimum atomic E-state index is -0.0721. The van der Waals surface area contributed by atoms with Crippen LogP contribution in [-0.4, -0.2) is 53.0 Å². The first-order chi connectivity index (χ1) is 17.1. The predicted molar refractivity (Wildman–Crippen MR) is 144 cm³/mol. The van der Waals surface area contributed by atoms with Crippen LogP contribution in [0.5, 0.6) is 0 Å². The van der Waals surface area contributed by atoms with Crippen LogP contribution < -0.4 is 21.3 Å². The van der Waals surface area contributed by atoms with Crippen LogP contribution in [0.3, 0.4) is 0 Å². The maximum absolute atomic E-state index is 12.4. The maximum atomic E-state index is 12.4. The molecule has 3 amide bonds. The largest absolute Gasteiger partial charge is 0.369 e. The smallest absolute Gasteiger partial charge is 0.321 e. The zero-order valence-electron chi connectivity index (χ0n) is 19.2. The van der Waals surface area contributed by atoms with Crippen LogP contribution in [0.1, 0.15) is 35.4 Å². The Bertz CT molecular complexity index is 1140. The SMILES string of the molecule is O=C(NCCCCNc1nc(Nc2cccc(NC(=O)N3CCCC3)c2)ncc1Br)c1cccs1. The fraction of sp³-hybridized carbons (Fsp3) is 0.333. The lowest BCUT2D eigenvalue weighted by Gasteiger charge is -2.16. The first kappa shape index (κ1) is 24.9. The number of urea groups is 1. The average Bonchev–Trinajstić information content (AvgIpc) is 3.58. The van der Waals surface area contributed by atoms with Gasteiger partial charge in [-0.2, -0.15) is 4.98 Å². The van der Waals surface area contributed by atoms with Gasteiger partial charge in [0.15, 0.2) is 0 Å². The molecular formula is C24H28BrN7O2S. The van der Waals surface area contributed by atoms with E-state index in [9.17, 15) is 9.59 Å². The van der Waals surface area contributed by atoms with Crippen molar-refractivity contribution in [2.75, 3.05) is 42.1 Å². The zero-order chi connectivity index (χ0) is 24.5. The number of hydrogen-bond acceptors (Lipinski definition) is 7. The highest BCUT2D eigenvalue weighted by Gasteiger charge is 2.17. The van der Waals surface area contributed by atoms with Crippen LogP contribution in [0, 0.1) is 0 Å². The van der Waals surface area contributed by atoms with E-state index >= 15 is 0 Å². The monoisotopic (exact) mass is 557 g/mol. The van der Waals surface area contributed by atoms with Gasteiger partial charge in [0.2, 0.25) is 5.95 Å². The molecule has 9 nitrogen and oxygen atoms in total. The molecule has 0 saturated carbocycles. The molecule has 1 aliphatic heterocycles. The standard InChI is InChI=1S/C24H28BrN7O2S/c25-19-16-28-23(29-17-7-5-8-18(15-17)30-24(34)32-12-3-4-13-32)31-21(19)26-10-1-2-11-27-22(33)20-9-6-14-35-20/h5-9,14-16H,1-4,10-13H2,(H,27,33)(H,30,34)(H2,26,28,29,31). The van der Waals surface area contributed by atoms with Crippen LogP contribution in [0.25, 0.3) is 0 Å². The Morgan fingerprint density at radius 3 is 2.66 bits per heavy atom. The van der Waals surface area contributed by atoms with Gasteiger partial charge >= 0.3 is 6.03 Å². The summed E-state index contributed by atoms with van der Waals surface area (Å²) in [6, 6.07) is 11.1. The molecule has 0 bridgehead atoms.